The normalized spacial score (nSPS) is 11.7. The highest BCUT2D eigenvalue weighted by Crippen LogP contribution is 2.37. The summed E-state index contributed by atoms with van der Waals surface area (Å²) in [5.74, 6) is 0.128. The standard InChI is InChI=1S/C21H23F3N2O2S/c1-5-26(4)13-25-19-11-14(2)18(10-15(19)3)20(27)12-28-16-6-8-17(9-7-16)29-21(22,23)24/h6-11,13H,5,12H2,1-4H3/b25-13-. The molecule has 0 saturated heterocycles. The van der Waals surface area contributed by atoms with Crippen LogP contribution in [0.25, 0.3) is 0 Å². The molecule has 0 atom stereocenters. The van der Waals surface area contributed by atoms with Crippen LogP contribution in [-0.2, 0) is 0 Å². The van der Waals surface area contributed by atoms with E-state index >= 15 is 0 Å². The van der Waals surface area contributed by atoms with Crippen LogP contribution in [0.2, 0.25) is 0 Å². The maximum atomic E-state index is 12.5. The van der Waals surface area contributed by atoms with Gasteiger partial charge in [0.2, 0.25) is 0 Å². The summed E-state index contributed by atoms with van der Waals surface area (Å²) in [6.45, 7) is 6.37. The van der Waals surface area contributed by atoms with Gasteiger partial charge in [0.1, 0.15) is 5.75 Å². The van der Waals surface area contributed by atoms with Crippen molar-refractivity contribution in [2.45, 2.75) is 31.2 Å². The van der Waals surface area contributed by atoms with Crippen molar-refractivity contribution in [1.82, 2.24) is 4.90 Å². The molecule has 2 aromatic carbocycles. The lowest BCUT2D eigenvalue weighted by atomic mass is 10.0. The van der Waals surface area contributed by atoms with E-state index in [-0.39, 0.29) is 29.0 Å². The van der Waals surface area contributed by atoms with Crippen molar-refractivity contribution < 1.29 is 22.7 Å². The molecule has 29 heavy (non-hydrogen) atoms. The van der Waals surface area contributed by atoms with Gasteiger partial charge in [-0.15, -0.1) is 0 Å². The van der Waals surface area contributed by atoms with E-state index in [0.29, 0.717) is 11.3 Å². The van der Waals surface area contributed by atoms with Gasteiger partial charge in [-0.05, 0) is 80.1 Å². The van der Waals surface area contributed by atoms with Gasteiger partial charge >= 0.3 is 5.51 Å². The quantitative estimate of drug-likeness (QED) is 0.233. The molecule has 0 amide bonds. The maximum absolute atomic E-state index is 12.5. The Bertz CT molecular complexity index is 881. The van der Waals surface area contributed by atoms with Gasteiger partial charge in [-0.25, -0.2) is 4.99 Å². The predicted octanol–water partition coefficient (Wildman–Crippen LogP) is 5.79. The summed E-state index contributed by atoms with van der Waals surface area (Å²) >= 11 is -0.194. The van der Waals surface area contributed by atoms with Crippen molar-refractivity contribution in [2.24, 2.45) is 4.99 Å². The highest BCUT2D eigenvalue weighted by Gasteiger charge is 2.29. The molecule has 0 aliphatic carbocycles. The molecule has 8 heteroatoms. The van der Waals surface area contributed by atoms with Crippen molar-refractivity contribution in [3.8, 4) is 5.75 Å². The zero-order valence-electron chi connectivity index (χ0n) is 16.7. The topological polar surface area (TPSA) is 41.9 Å². The maximum Gasteiger partial charge on any atom is 0.446 e. The molecular weight excluding hydrogens is 401 g/mol. The first-order chi connectivity index (χ1) is 13.6. The molecule has 0 spiro atoms. The Kier molecular flexibility index (Phi) is 7.73. The Morgan fingerprint density at radius 3 is 2.41 bits per heavy atom. The lowest BCUT2D eigenvalue weighted by molar-refractivity contribution is -0.0328. The Morgan fingerprint density at radius 2 is 1.83 bits per heavy atom. The molecule has 0 aliphatic rings. The summed E-state index contributed by atoms with van der Waals surface area (Å²) in [7, 11) is 1.93. The molecule has 0 aliphatic heterocycles. The average Bonchev–Trinajstić information content (AvgIpc) is 2.66. The van der Waals surface area contributed by atoms with Crippen LogP contribution in [0.3, 0.4) is 0 Å². The lowest BCUT2D eigenvalue weighted by Crippen LogP contribution is -2.14. The summed E-state index contributed by atoms with van der Waals surface area (Å²) in [4.78, 5) is 19.0. The first-order valence-corrected chi connectivity index (χ1v) is 9.78. The minimum absolute atomic E-state index is 0.0625. The number of aliphatic imine (C=N–C) groups is 1. The number of alkyl halides is 3. The number of ketones is 1. The molecule has 0 saturated carbocycles. The molecule has 0 N–H and O–H groups in total. The minimum atomic E-state index is -4.34. The number of carbonyl (C=O) groups excluding carboxylic acids is 1. The lowest BCUT2D eigenvalue weighted by Gasteiger charge is -2.12. The largest absolute Gasteiger partial charge is 0.485 e. The molecule has 2 aromatic rings. The van der Waals surface area contributed by atoms with E-state index in [0.717, 1.165) is 23.4 Å². The van der Waals surface area contributed by atoms with Crippen LogP contribution in [0, 0.1) is 13.8 Å². The summed E-state index contributed by atoms with van der Waals surface area (Å²) in [5.41, 5.74) is -1.36. The molecule has 0 aromatic heterocycles. The van der Waals surface area contributed by atoms with Crippen LogP contribution in [-0.4, -0.2) is 42.7 Å². The fourth-order valence-electron chi connectivity index (χ4n) is 2.45. The summed E-state index contributed by atoms with van der Waals surface area (Å²) in [6.07, 6.45) is 1.74. The number of aryl methyl sites for hydroxylation is 2. The van der Waals surface area contributed by atoms with E-state index in [9.17, 15) is 18.0 Å². The van der Waals surface area contributed by atoms with Gasteiger partial charge in [-0.2, -0.15) is 13.2 Å². The Morgan fingerprint density at radius 1 is 1.17 bits per heavy atom. The SMILES string of the molecule is CCN(C)/C=N\c1cc(C)c(C(=O)COc2ccc(SC(F)(F)F)cc2)cc1C. The Hall–Kier alpha value is -2.48. The highest BCUT2D eigenvalue weighted by atomic mass is 32.2. The Balaban J connectivity index is 2.03. The average molecular weight is 424 g/mol. The third-order valence-corrected chi connectivity index (χ3v) is 4.90. The third-order valence-electron chi connectivity index (χ3n) is 4.16. The second kappa shape index (κ2) is 9.82. The number of ether oxygens (including phenoxy) is 1. The van der Waals surface area contributed by atoms with E-state index < -0.39 is 5.51 Å². The molecule has 4 nitrogen and oxygen atoms in total. The van der Waals surface area contributed by atoms with Crippen LogP contribution in [0.15, 0.2) is 46.3 Å². The van der Waals surface area contributed by atoms with Crippen LogP contribution >= 0.6 is 11.8 Å². The van der Waals surface area contributed by atoms with E-state index in [4.69, 9.17) is 4.74 Å². The second-order valence-electron chi connectivity index (χ2n) is 6.50. The summed E-state index contributed by atoms with van der Waals surface area (Å²) in [5, 5.41) is 0. The molecule has 0 bridgehead atoms. The summed E-state index contributed by atoms with van der Waals surface area (Å²) < 4.78 is 42.5. The van der Waals surface area contributed by atoms with E-state index in [1.54, 1.807) is 12.4 Å². The first-order valence-electron chi connectivity index (χ1n) is 8.96. The number of benzene rings is 2. The molecule has 0 unspecified atom stereocenters. The molecule has 2 rings (SSSR count). The van der Waals surface area contributed by atoms with E-state index in [2.05, 4.69) is 4.99 Å². The zero-order chi connectivity index (χ0) is 21.6. The van der Waals surface area contributed by atoms with Gasteiger partial charge in [0, 0.05) is 24.1 Å². The first kappa shape index (κ1) is 22.8. The van der Waals surface area contributed by atoms with Crippen LogP contribution in [0.4, 0.5) is 18.9 Å². The van der Waals surface area contributed by atoms with Crippen molar-refractivity contribution in [2.75, 3.05) is 20.2 Å². The summed E-state index contributed by atoms with van der Waals surface area (Å²) in [6, 6.07) is 9.10. The fourth-order valence-corrected chi connectivity index (χ4v) is 2.99. The number of hydrogen-bond donors (Lipinski definition) is 0. The van der Waals surface area contributed by atoms with Gasteiger partial charge < -0.3 is 9.64 Å². The second-order valence-corrected chi connectivity index (χ2v) is 7.64. The fraction of sp³-hybridized carbons (Fsp3) is 0.333. The molecule has 0 heterocycles. The smallest absolute Gasteiger partial charge is 0.446 e. The number of thioether (sulfide) groups is 1. The molecular formula is C21H23F3N2O2S. The van der Waals surface area contributed by atoms with Gasteiger partial charge in [-0.3, -0.25) is 4.79 Å². The van der Waals surface area contributed by atoms with Crippen LogP contribution in [0.5, 0.6) is 5.75 Å². The molecule has 0 fully saturated rings. The zero-order valence-corrected chi connectivity index (χ0v) is 17.5. The van der Waals surface area contributed by atoms with E-state index in [1.807, 2.05) is 38.8 Å². The van der Waals surface area contributed by atoms with Gasteiger partial charge in [0.15, 0.2) is 12.4 Å². The predicted molar refractivity (Wildman–Crippen MR) is 111 cm³/mol. The van der Waals surface area contributed by atoms with Crippen molar-refractivity contribution in [3.05, 3.63) is 53.1 Å². The van der Waals surface area contributed by atoms with Crippen molar-refractivity contribution >= 4 is 29.6 Å². The monoisotopic (exact) mass is 424 g/mol. The Labute approximate surface area is 172 Å². The van der Waals surface area contributed by atoms with Gasteiger partial charge in [0.25, 0.3) is 0 Å². The van der Waals surface area contributed by atoms with Crippen LogP contribution < -0.4 is 4.74 Å². The van der Waals surface area contributed by atoms with Crippen molar-refractivity contribution in [1.29, 1.82) is 0 Å². The molecule has 0 radical (unpaired) electrons. The number of carbonyl (C=O) groups is 1. The van der Waals surface area contributed by atoms with E-state index in [1.165, 1.54) is 24.3 Å². The molecule has 156 valence electrons. The number of halogens is 3. The highest BCUT2D eigenvalue weighted by molar-refractivity contribution is 8.00. The number of rotatable bonds is 8. The number of nitrogens with zero attached hydrogens (tertiary/aromatic N) is 2. The van der Waals surface area contributed by atoms with Crippen LogP contribution in [0.1, 0.15) is 28.4 Å². The number of Topliss-reactive ketones (excluding diaryl/α,β-unsaturated/α-hetero) is 1. The van der Waals surface area contributed by atoms with Gasteiger partial charge in [0.05, 0.1) is 12.0 Å². The third kappa shape index (κ3) is 7.12. The van der Waals surface area contributed by atoms with Crippen molar-refractivity contribution in [3.63, 3.8) is 0 Å². The van der Waals surface area contributed by atoms with Gasteiger partial charge in [-0.1, -0.05) is 0 Å². The minimum Gasteiger partial charge on any atom is -0.485 e. The number of hydrogen-bond acceptors (Lipinski definition) is 4.